The summed E-state index contributed by atoms with van der Waals surface area (Å²) >= 11 is 0. The Morgan fingerprint density at radius 3 is 2.46 bits per heavy atom. The lowest BCUT2D eigenvalue weighted by Crippen LogP contribution is -2.38. The van der Waals surface area contributed by atoms with E-state index < -0.39 is 48.6 Å². The molecule has 4 amide bonds. The number of aliphatic carboxylic acids is 1. The number of hydrogen-bond donors (Lipinski definition) is 3. The van der Waals surface area contributed by atoms with Crippen LogP contribution >= 0.6 is 0 Å². The summed E-state index contributed by atoms with van der Waals surface area (Å²) in [6.07, 6.45) is -0.397. The fraction of sp³-hybridized carbons (Fsp3) is 0.292. The smallest absolute Gasteiger partial charge is 0.322 e. The van der Waals surface area contributed by atoms with Gasteiger partial charge in [0.2, 0.25) is 11.8 Å². The molecule has 3 rings (SSSR count). The number of anilines is 1. The molecule has 0 aromatic heterocycles. The Labute approximate surface area is 201 Å². The molecule has 35 heavy (non-hydrogen) atoms. The number of imide groups is 1. The number of fused-ring (bicyclic) bond motifs is 1. The van der Waals surface area contributed by atoms with E-state index in [-0.39, 0.29) is 16.8 Å². The fourth-order valence-electron chi connectivity index (χ4n) is 3.83. The third-order valence-electron chi connectivity index (χ3n) is 5.26. The van der Waals surface area contributed by atoms with E-state index in [0.29, 0.717) is 23.7 Å². The number of nitrogens with one attached hydrogen (secondary N) is 2. The van der Waals surface area contributed by atoms with Crippen LogP contribution in [0.3, 0.4) is 0 Å². The normalized spacial score (nSPS) is 13.2. The molecule has 11 heteroatoms. The number of methoxy groups -OCH3 is 1. The van der Waals surface area contributed by atoms with Gasteiger partial charge in [-0.25, -0.2) is 0 Å². The van der Waals surface area contributed by atoms with Gasteiger partial charge < -0.3 is 25.2 Å². The quantitative estimate of drug-likeness (QED) is 0.434. The van der Waals surface area contributed by atoms with Gasteiger partial charge in [-0.3, -0.25) is 28.9 Å². The van der Waals surface area contributed by atoms with Crippen LogP contribution in [0, 0.1) is 0 Å². The number of carboxylic acids is 1. The SMILES string of the molecule is CCOc1cc(C(CC(=O)NCC(=O)O)N2C(=O)c3cccc(NC(C)=O)c3C2=O)ccc1OC. The van der Waals surface area contributed by atoms with Crippen molar-refractivity contribution < 1.29 is 38.6 Å². The number of ether oxygens (including phenoxy) is 2. The van der Waals surface area contributed by atoms with Crippen molar-refractivity contribution in [2.24, 2.45) is 0 Å². The molecular weight excluding hydrogens is 458 g/mol. The second-order valence-electron chi connectivity index (χ2n) is 7.62. The van der Waals surface area contributed by atoms with E-state index in [2.05, 4.69) is 10.6 Å². The maximum absolute atomic E-state index is 13.5. The van der Waals surface area contributed by atoms with Gasteiger partial charge in [0, 0.05) is 6.92 Å². The number of nitrogens with zero attached hydrogens (tertiary/aromatic N) is 1. The lowest BCUT2D eigenvalue weighted by atomic mass is 10.0. The van der Waals surface area contributed by atoms with Crippen LogP contribution in [0.15, 0.2) is 36.4 Å². The number of amides is 4. The topological polar surface area (TPSA) is 151 Å². The molecule has 11 nitrogen and oxygen atoms in total. The van der Waals surface area contributed by atoms with E-state index >= 15 is 0 Å². The highest BCUT2D eigenvalue weighted by atomic mass is 16.5. The first-order valence-electron chi connectivity index (χ1n) is 10.8. The molecular formula is C24H25N3O8. The van der Waals surface area contributed by atoms with E-state index in [1.165, 1.54) is 32.2 Å². The Kier molecular flexibility index (Phi) is 7.69. The zero-order valence-corrected chi connectivity index (χ0v) is 19.4. The minimum Gasteiger partial charge on any atom is -0.493 e. The molecule has 0 aliphatic carbocycles. The first kappa shape index (κ1) is 25.2. The van der Waals surface area contributed by atoms with Gasteiger partial charge >= 0.3 is 5.97 Å². The second-order valence-corrected chi connectivity index (χ2v) is 7.62. The molecule has 184 valence electrons. The van der Waals surface area contributed by atoms with E-state index in [9.17, 15) is 24.0 Å². The summed E-state index contributed by atoms with van der Waals surface area (Å²) in [5, 5.41) is 13.7. The summed E-state index contributed by atoms with van der Waals surface area (Å²) in [7, 11) is 1.46. The molecule has 3 N–H and O–H groups in total. The van der Waals surface area contributed by atoms with Crippen LogP contribution in [0.2, 0.25) is 0 Å². The predicted molar refractivity (Wildman–Crippen MR) is 123 cm³/mol. The van der Waals surface area contributed by atoms with Crippen LogP contribution < -0.4 is 20.1 Å². The monoisotopic (exact) mass is 483 g/mol. The Morgan fingerprint density at radius 2 is 1.83 bits per heavy atom. The van der Waals surface area contributed by atoms with Crippen molar-refractivity contribution in [3.05, 3.63) is 53.1 Å². The average molecular weight is 483 g/mol. The van der Waals surface area contributed by atoms with Crippen molar-refractivity contribution in [3.8, 4) is 11.5 Å². The molecule has 2 aromatic carbocycles. The number of carbonyl (C=O) groups is 5. The highest BCUT2D eigenvalue weighted by molar-refractivity contribution is 6.24. The largest absolute Gasteiger partial charge is 0.493 e. The number of carbonyl (C=O) groups excluding carboxylic acids is 4. The average Bonchev–Trinajstić information content (AvgIpc) is 3.06. The molecule has 0 radical (unpaired) electrons. The van der Waals surface area contributed by atoms with E-state index in [1.807, 2.05) is 0 Å². The summed E-state index contributed by atoms with van der Waals surface area (Å²) in [6.45, 7) is 2.75. The summed E-state index contributed by atoms with van der Waals surface area (Å²) in [5.74, 6) is -2.91. The molecule has 1 atom stereocenters. The van der Waals surface area contributed by atoms with Crippen LogP contribution in [0.5, 0.6) is 11.5 Å². The molecule has 1 heterocycles. The highest BCUT2D eigenvalue weighted by Gasteiger charge is 2.43. The first-order valence-corrected chi connectivity index (χ1v) is 10.8. The summed E-state index contributed by atoms with van der Waals surface area (Å²) in [5.41, 5.74) is 0.669. The van der Waals surface area contributed by atoms with Gasteiger partial charge in [0.1, 0.15) is 6.54 Å². The molecule has 1 aliphatic heterocycles. The number of hydrogen-bond acceptors (Lipinski definition) is 7. The van der Waals surface area contributed by atoms with Crippen LogP contribution in [0.4, 0.5) is 5.69 Å². The molecule has 0 spiro atoms. The van der Waals surface area contributed by atoms with Crippen LogP contribution in [-0.4, -0.2) is 59.9 Å². The number of carboxylic acid groups (broad SMARTS) is 1. The zero-order valence-electron chi connectivity index (χ0n) is 19.4. The molecule has 2 aromatic rings. The number of benzene rings is 2. The Bertz CT molecular complexity index is 1190. The maximum Gasteiger partial charge on any atom is 0.322 e. The van der Waals surface area contributed by atoms with Crippen LogP contribution in [0.25, 0.3) is 0 Å². The second kappa shape index (κ2) is 10.7. The lowest BCUT2D eigenvalue weighted by molar-refractivity contribution is -0.138. The molecule has 0 saturated carbocycles. The van der Waals surface area contributed by atoms with E-state index in [0.717, 1.165) is 4.90 Å². The van der Waals surface area contributed by atoms with E-state index in [4.69, 9.17) is 14.6 Å². The van der Waals surface area contributed by atoms with Gasteiger partial charge in [0.05, 0.1) is 43.0 Å². The molecule has 0 bridgehead atoms. The Balaban J connectivity index is 2.07. The van der Waals surface area contributed by atoms with Gasteiger partial charge in [-0.2, -0.15) is 0 Å². The standard InChI is InChI=1S/C24H25N3O8/c1-4-35-19-10-14(8-9-18(19)34-3)17(11-20(29)25-12-21(30)31)27-23(32)15-6-5-7-16(26-13(2)28)22(15)24(27)33/h5-10,17H,4,11-12H2,1-3H3,(H,25,29)(H,26,28)(H,30,31). The van der Waals surface area contributed by atoms with Crippen LogP contribution in [-0.2, 0) is 14.4 Å². The van der Waals surface area contributed by atoms with Crippen molar-refractivity contribution in [1.29, 1.82) is 0 Å². The van der Waals surface area contributed by atoms with Gasteiger partial charge in [0.25, 0.3) is 11.8 Å². The third kappa shape index (κ3) is 5.40. The van der Waals surface area contributed by atoms with Crippen molar-refractivity contribution in [2.75, 3.05) is 25.6 Å². The van der Waals surface area contributed by atoms with Gasteiger partial charge in [-0.05, 0) is 36.8 Å². The minimum absolute atomic E-state index is 0.0159. The van der Waals surface area contributed by atoms with Crippen molar-refractivity contribution >= 4 is 35.3 Å². The summed E-state index contributed by atoms with van der Waals surface area (Å²) in [4.78, 5) is 62.9. The Hall–Kier alpha value is -4.41. The third-order valence-corrected chi connectivity index (χ3v) is 5.26. The van der Waals surface area contributed by atoms with Crippen molar-refractivity contribution in [2.45, 2.75) is 26.3 Å². The zero-order chi connectivity index (χ0) is 25.7. The van der Waals surface area contributed by atoms with Crippen molar-refractivity contribution in [1.82, 2.24) is 10.2 Å². The minimum atomic E-state index is -1.24. The molecule has 1 aliphatic rings. The van der Waals surface area contributed by atoms with Gasteiger partial charge in [0.15, 0.2) is 11.5 Å². The molecule has 0 saturated heterocycles. The predicted octanol–water partition coefficient (Wildman–Crippen LogP) is 1.98. The molecule has 0 fully saturated rings. The summed E-state index contributed by atoms with van der Waals surface area (Å²) < 4.78 is 10.9. The van der Waals surface area contributed by atoms with Crippen molar-refractivity contribution in [3.63, 3.8) is 0 Å². The number of rotatable bonds is 10. The van der Waals surface area contributed by atoms with Crippen LogP contribution in [0.1, 0.15) is 52.6 Å². The highest BCUT2D eigenvalue weighted by Crippen LogP contribution is 2.39. The lowest BCUT2D eigenvalue weighted by Gasteiger charge is -2.27. The van der Waals surface area contributed by atoms with Gasteiger partial charge in [-0.1, -0.05) is 12.1 Å². The fourth-order valence-corrected chi connectivity index (χ4v) is 3.83. The van der Waals surface area contributed by atoms with Gasteiger partial charge in [-0.15, -0.1) is 0 Å². The maximum atomic E-state index is 13.5. The van der Waals surface area contributed by atoms with E-state index in [1.54, 1.807) is 25.1 Å². The summed E-state index contributed by atoms with van der Waals surface area (Å²) in [6, 6.07) is 8.15. The Morgan fingerprint density at radius 1 is 1.09 bits per heavy atom. The first-order chi connectivity index (χ1) is 16.7. The molecule has 1 unspecified atom stereocenters.